The zero-order valence-electron chi connectivity index (χ0n) is 17.1. The normalized spacial score (nSPS) is 21.5. The van der Waals surface area contributed by atoms with Gasteiger partial charge in [0.05, 0.1) is 5.01 Å². The molecule has 0 bridgehead atoms. The molecule has 1 saturated heterocycles. The van der Waals surface area contributed by atoms with Gasteiger partial charge in [0.15, 0.2) is 0 Å². The number of rotatable bonds is 5. The highest BCUT2D eigenvalue weighted by Gasteiger charge is 2.49. The van der Waals surface area contributed by atoms with Crippen LogP contribution < -0.4 is 0 Å². The number of carbonyl (C=O) groups excluding carboxylic acids is 1. The van der Waals surface area contributed by atoms with E-state index in [-0.39, 0.29) is 11.4 Å². The second kappa shape index (κ2) is 8.34. The minimum absolute atomic E-state index is 0.0483. The van der Waals surface area contributed by atoms with Crippen molar-refractivity contribution in [2.45, 2.75) is 63.5 Å². The van der Waals surface area contributed by atoms with Crippen molar-refractivity contribution in [3.8, 4) is 0 Å². The van der Waals surface area contributed by atoms with E-state index >= 15 is 0 Å². The topological polar surface area (TPSA) is 36.4 Å². The summed E-state index contributed by atoms with van der Waals surface area (Å²) in [5.41, 5.74) is 1.93. The van der Waals surface area contributed by atoms with Crippen LogP contribution in [0.15, 0.2) is 35.7 Å². The Balaban J connectivity index is 1.54. The Kier molecular flexibility index (Phi) is 5.83. The number of aromatic nitrogens is 1. The second-order valence-corrected chi connectivity index (χ2v) is 9.36. The molecule has 0 radical (unpaired) electrons. The van der Waals surface area contributed by atoms with Crippen molar-refractivity contribution in [3.63, 3.8) is 0 Å². The van der Waals surface area contributed by atoms with Crippen LogP contribution in [0.4, 0.5) is 0 Å². The Morgan fingerprint density at radius 1 is 1.25 bits per heavy atom. The summed E-state index contributed by atoms with van der Waals surface area (Å²) in [6.07, 6.45) is 7.98. The minimum Gasteiger partial charge on any atom is -0.330 e. The third-order valence-corrected chi connectivity index (χ3v) is 7.55. The first-order chi connectivity index (χ1) is 13.6. The zero-order valence-corrected chi connectivity index (χ0v) is 17.9. The van der Waals surface area contributed by atoms with E-state index in [9.17, 15) is 4.79 Å². The van der Waals surface area contributed by atoms with E-state index in [2.05, 4.69) is 48.0 Å². The van der Waals surface area contributed by atoms with Crippen molar-refractivity contribution in [1.29, 1.82) is 0 Å². The van der Waals surface area contributed by atoms with Crippen molar-refractivity contribution >= 4 is 17.2 Å². The SMILES string of the molecule is CCN(C)[C@H]1CN(C(=O)c2csc(Cc3ccccc3)n2)C2(CCCCC2)C1. The third kappa shape index (κ3) is 3.87. The number of likely N-dealkylation sites (N-methyl/N-ethyl adjacent to an activating group) is 1. The maximum atomic E-state index is 13.5. The third-order valence-electron chi connectivity index (χ3n) is 6.70. The van der Waals surface area contributed by atoms with E-state index in [0.717, 1.165) is 43.8 Å². The summed E-state index contributed by atoms with van der Waals surface area (Å²) in [4.78, 5) is 22.8. The van der Waals surface area contributed by atoms with Crippen LogP contribution >= 0.6 is 11.3 Å². The highest BCUT2D eigenvalue weighted by molar-refractivity contribution is 7.09. The molecule has 2 fully saturated rings. The van der Waals surface area contributed by atoms with Crippen molar-refractivity contribution in [2.75, 3.05) is 20.1 Å². The van der Waals surface area contributed by atoms with Gasteiger partial charge < -0.3 is 9.80 Å². The molecule has 4 nitrogen and oxygen atoms in total. The van der Waals surface area contributed by atoms with Gasteiger partial charge in [-0.3, -0.25) is 4.79 Å². The van der Waals surface area contributed by atoms with E-state index in [4.69, 9.17) is 4.98 Å². The number of carbonyl (C=O) groups is 1. The molecule has 0 N–H and O–H groups in total. The van der Waals surface area contributed by atoms with Gasteiger partial charge in [0, 0.05) is 29.9 Å². The van der Waals surface area contributed by atoms with Crippen LogP contribution in [0.1, 0.15) is 66.5 Å². The summed E-state index contributed by atoms with van der Waals surface area (Å²) in [6.45, 7) is 4.07. The molecule has 4 rings (SSSR count). The summed E-state index contributed by atoms with van der Waals surface area (Å²) in [7, 11) is 2.19. The summed E-state index contributed by atoms with van der Waals surface area (Å²) < 4.78 is 0. The Morgan fingerprint density at radius 2 is 2.00 bits per heavy atom. The first-order valence-electron chi connectivity index (χ1n) is 10.6. The Labute approximate surface area is 172 Å². The molecule has 2 heterocycles. The van der Waals surface area contributed by atoms with Crippen molar-refractivity contribution in [3.05, 3.63) is 52.0 Å². The molecule has 0 unspecified atom stereocenters. The van der Waals surface area contributed by atoms with Crippen LogP contribution in [-0.4, -0.2) is 52.4 Å². The van der Waals surface area contributed by atoms with Crippen LogP contribution in [-0.2, 0) is 6.42 Å². The van der Waals surface area contributed by atoms with Crippen LogP contribution in [0.5, 0.6) is 0 Å². The average Bonchev–Trinajstić information content (AvgIpc) is 3.33. The van der Waals surface area contributed by atoms with Gasteiger partial charge in [-0.05, 0) is 38.4 Å². The largest absolute Gasteiger partial charge is 0.330 e. The molecule has 150 valence electrons. The average molecular weight is 398 g/mol. The van der Waals surface area contributed by atoms with Crippen molar-refractivity contribution < 1.29 is 4.79 Å². The van der Waals surface area contributed by atoms with Gasteiger partial charge in [-0.1, -0.05) is 56.5 Å². The number of benzene rings is 1. The number of amides is 1. The minimum atomic E-state index is 0.0483. The predicted molar refractivity (Wildman–Crippen MR) is 115 cm³/mol. The molecular weight excluding hydrogens is 366 g/mol. The monoisotopic (exact) mass is 397 g/mol. The van der Waals surface area contributed by atoms with Gasteiger partial charge in [0.2, 0.25) is 0 Å². The summed E-state index contributed by atoms with van der Waals surface area (Å²) >= 11 is 1.61. The molecule has 1 aliphatic heterocycles. The quantitative estimate of drug-likeness (QED) is 0.740. The number of hydrogen-bond acceptors (Lipinski definition) is 4. The first-order valence-corrected chi connectivity index (χ1v) is 11.5. The lowest BCUT2D eigenvalue weighted by Gasteiger charge is -2.41. The van der Waals surface area contributed by atoms with E-state index < -0.39 is 0 Å². The van der Waals surface area contributed by atoms with Crippen molar-refractivity contribution in [1.82, 2.24) is 14.8 Å². The lowest BCUT2D eigenvalue weighted by molar-refractivity contribution is 0.0494. The molecule has 1 atom stereocenters. The Morgan fingerprint density at radius 3 is 2.71 bits per heavy atom. The number of nitrogens with zero attached hydrogens (tertiary/aromatic N) is 3. The maximum absolute atomic E-state index is 13.5. The fourth-order valence-corrected chi connectivity index (χ4v) is 5.75. The van der Waals surface area contributed by atoms with Crippen LogP contribution in [0, 0.1) is 0 Å². The van der Waals surface area contributed by atoms with E-state index in [0.29, 0.717) is 11.7 Å². The summed E-state index contributed by atoms with van der Waals surface area (Å²) in [5.74, 6) is 0.143. The van der Waals surface area contributed by atoms with Gasteiger partial charge in [-0.25, -0.2) is 4.98 Å². The summed E-state index contributed by atoms with van der Waals surface area (Å²) in [6, 6.07) is 10.8. The van der Waals surface area contributed by atoms with Crippen LogP contribution in [0.25, 0.3) is 0 Å². The Bertz CT molecular complexity index is 797. The van der Waals surface area contributed by atoms with Crippen LogP contribution in [0.3, 0.4) is 0 Å². The molecule has 1 aromatic carbocycles. The fourth-order valence-electron chi connectivity index (χ4n) is 4.95. The standard InChI is InChI=1S/C23H31N3OS/c1-3-25(2)19-15-23(12-8-5-9-13-23)26(16-19)22(27)20-17-28-21(24-20)14-18-10-6-4-7-11-18/h4,6-7,10-11,17,19H,3,5,8-9,12-16H2,1-2H3/t19-/m1/s1. The van der Waals surface area contributed by atoms with Gasteiger partial charge in [-0.2, -0.15) is 0 Å². The molecule has 2 aromatic rings. The van der Waals surface area contributed by atoms with Gasteiger partial charge in [-0.15, -0.1) is 11.3 Å². The number of hydrogen-bond donors (Lipinski definition) is 0. The lowest BCUT2D eigenvalue weighted by atomic mass is 9.79. The molecule has 1 aromatic heterocycles. The van der Waals surface area contributed by atoms with E-state index in [1.54, 1.807) is 11.3 Å². The highest BCUT2D eigenvalue weighted by Crippen LogP contribution is 2.43. The number of thiazole rings is 1. The van der Waals surface area contributed by atoms with Crippen molar-refractivity contribution in [2.24, 2.45) is 0 Å². The predicted octanol–water partition coefficient (Wildman–Crippen LogP) is 4.60. The van der Waals surface area contributed by atoms with E-state index in [1.165, 1.54) is 24.8 Å². The molecule has 1 amide bonds. The van der Waals surface area contributed by atoms with E-state index in [1.807, 2.05) is 11.4 Å². The molecule has 5 heteroatoms. The molecule has 1 spiro atoms. The smallest absolute Gasteiger partial charge is 0.273 e. The zero-order chi connectivity index (χ0) is 19.6. The second-order valence-electron chi connectivity index (χ2n) is 8.42. The fraction of sp³-hybridized carbons (Fsp3) is 0.565. The molecule has 28 heavy (non-hydrogen) atoms. The van der Waals surface area contributed by atoms with Gasteiger partial charge in [0.25, 0.3) is 5.91 Å². The molecule has 1 aliphatic carbocycles. The highest BCUT2D eigenvalue weighted by atomic mass is 32.1. The molecule has 1 saturated carbocycles. The van der Waals surface area contributed by atoms with Gasteiger partial charge in [0.1, 0.15) is 5.69 Å². The molecule has 2 aliphatic rings. The van der Waals surface area contributed by atoms with Gasteiger partial charge >= 0.3 is 0 Å². The van der Waals surface area contributed by atoms with Crippen LogP contribution in [0.2, 0.25) is 0 Å². The molecular formula is C23H31N3OS. The first kappa shape index (κ1) is 19.6. The Hall–Kier alpha value is -1.72. The summed E-state index contributed by atoms with van der Waals surface area (Å²) in [5, 5.41) is 2.99. The maximum Gasteiger partial charge on any atom is 0.273 e. The lowest BCUT2D eigenvalue weighted by Crippen LogP contribution is -2.48. The number of likely N-dealkylation sites (tertiary alicyclic amines) is 1.